The Bertz CT molecular complexity index is 715. The first-order valence-corrected chi connectivity index (χ1v) is 9.51. The molecule has 0 aliphatic rings. The number of benzene rings is 1. The van der Waals surface area contributed by atoms with E-state index in [1.165, 1.54) is 10.4 Å². The summed E-state index contributed by atoms with van der Waals surface area (Å²) < 4.78 is 10.9. The molecule has 6 nitrogen and oxygen atoms in total. The lowest BCUT2D eigenvalue weighted by molar-refractivity contribution is 0.145. The summed E-state index contributed by atoms with van der Waals surface area (Å²) in [6.45, 7) is 6.66. The molecule has 0 bridgehead atoms. The summed E-state index contributed by atoms with van der Waals surface area (Å²) in [6.07, 6.45) is 2.80. The highest BCUT2D eigenvalue weighted by atomic mass is 32.1. The van der Waals surface area contributed by atoms with Gasteiger partial charge in [-0.25, -0.2) is 4.98 Å². The van der Waals surface area contributed by atoms with Crippen molar-refractivity contribution in [1.82, 2.24) is 15.6 Å². The van der Waals surface area contributed by atoms with E-state index < -0.39 is 0 Å². The summed E-state index contributed by atoms with van der Waals surface area (Å²) in [5, 5.41) is 7.80. The van der Waals surface area contributed by atoms with E-state index in [0.717, 1.165) is 35.2 Å². The number of guanidine groups is 1. The van der Waals surface area contributed by atoms with Gasteiger partial charge in [0.2, 0.25) is 0 Å². The van der Waals surface area contributed by atoms with Crippen LogP contribution < -0.4 is 15.4 Å². The van der Waals surface area contributed by atoms with Gasteiger partial charge in [-0.3, -0.25) is 4.99 Å². The van der Waals surface area contributed by atoms with Crippen LogP contribution in [0.4, 0.5) is 0 Å². The Kier molecular flexibility index (Phi) is 8.37. The first kappa shape index (κ1) is 20.2. The third kappa shape index (κ3) is 6.65. The average molecular weight is 377 g/mol. The third-order valence-corrected chi connectivity index (χ3v) is 4.71. The van der Waals surface area contributed by atoms with Crippen molar-refractivity contribution in [1.29, 1.82) is 0 Å². The molecule has 0 radical (unpaired) electrons. The zero-order chi connectivity index (χ0) is 18.8. The minimum Gasteiger partial charge on any atom is -0.491 e. The van der Waals surface area contributed by atoms with Crippen molar-refractivity contribution in [3.05, 3.63) is 45.4 Å². The number of nitrogens with one attached hydrogen (secondary N) is 2. The summed E-state index contributed by atoms with van der Waals surface area (Å²) in [5.74, 6) is 1.64. The van der Waals surface area contributed by atoms with Crippen LogP contribution in [0.25, 0.3) is 0 Å². The second-order valence-electron chi connectivity index (χ2n) is 5.92. The van der Waals surface area contributed by atoms with Crippen molar-refractivity contribution in [3.8, 4) is 5.75 Å². The summed E-state index contributed by atoms with van der Waals surface area (Å²) in [4.78, 5) is 9.90. The van der Waals surface area contributed by atoms with Gasteiger partial charge in [0.1, 0.15) is 12.4 Å². The van der Waals surface area contributed by atoms with E-state index in [2.05, 4.69) is 46.6 Å². The third-order valence-electron chi connectivity index (χ3n) is 3.74. The van der Waals surface area contributed by atoms with Gasteiger partial charge in [-0.2, -0.15) is 0 Å². The number of ether oxygens (including phenoxy) is 2. The first-order valence-electron chi connectivity index (χ1n) is 8.69. The standard InChI is InChI=1S/C19H28N4O2S/c1-14-5-6-16(17(11-14)25-10-9-24-4)13-23-19(20-3)21-8-7-18-22-12-15(2)26-18/h5-6,11-12H,7-10,13H2,1-4H3,(H2,20,21,23). The van der Waals surface area contributed by atoms with Crippen LogP contribution >= 0.6 is 11.3 Å². The molecular formula is C19H28N4O2S. The first-order chi connectivity index (χ1) is 12.6. The molecule has 142 valence electrons. The largest absolute Gasteiger partial charge is 0.491 e. The van der Waals surface area contributed by atoms with Crippen LogP contribution in [0.1, 0.15) is 21.0 Å². The number of thiazole rings is 1. The van der Waals surface area contributed by atoms with Gasteiger partial charge in [0.05, 0.1) is 11.6 Å². The van der Waals surface area contributed by atoms with E-state index in [0.29, 0.717) is 19.8 Å². The lowest BCUT2D eigenvalue weighted by Crippen LogP contribution is -2.37. The van der Waals surface area contributed by atoms with E-state index in [9.17, 15) is 0 Å². The lowest BCUT2D eigenvalue weighted by atomic mass is 10.1. The second-order valence-corrected chi connectivity index (χ2v) is 7.24. The Morgan fingerprint density at radius 1 is 1.23 bits per heavy atom. The number of rotatable bonds is 9. The molecule has 26 heavy (non-hydrogen) atoms. The topological polar surface area (TPSA) is 67.8 Å². The van der Waals surface area contributed by atoms with E-state index in [4.69, 9.17) is 9.47 Å². The van der Waals surface area contributed by atoms with Gasteiger partial charge in [-0.1, -0.05) is 12.1 Å². The number of hydrogen-bond donors (Lipinski definition) is 2. The Labute approximate surface area is 159 Å². The molecule has 0 atom stereocenters. The predicted octanol–water partition coefficient (Wildman–Crippen LogP) is 2.69. The van der Waals surface area contributed by atoms with Crippen LogP contribution in [0.2, 0.25) is 0 Å². The smallest absolute Gasteiger partial charge is 0.191 e. The number of methoxy groups -OCH3 is 1. The van der Waals surface area contributed by atoms with Gasteiger partial charge in [-0.15, -0.1) is 11.3 Å². The Morgan fingerprint density at radius 3 is 2.77 bits per heavy atom. The fourth-order valence-corrected chi connectivity index (χ4v) is 3.17. The van der Waals surface area contributed by atoms with E-state index in [1.54, 1.807) is 25.5 Å². The van der Waals surface area contributed by atoms with Crippen molar-refractivity contribution < 1.29 is 9.47 Å². The molecule has 0 saturated carbocycles. The maximum Gasteiger partial charge on any atom is 0.191 e. The van der Waals surface area contributed by atoms with E-state index >= 15 is 0 Å². The minimum atomic E-state index is 0.535. The molecule has 2 rings (SSSR count). The molecule has 1 aromatic carbocycles. The molecule has 0 unspecified atom stereocenters. The number of aromatic nitrogens is 1. The molecule has 0 amide bonds. The molecule has 0 aliphatic carbocycles. The quantitative estimate of drug-likeness (QED) is 0.400. The highest BCUT2D eigenvalue weighted by Gasteiger charge is 2.06. The Balaban J connectivity index is 1.85. The van der Waals surface area contributed by atoms with Gasteiger partial charge in [-0.05, 0) is 25.5 Å². The summed E-state index contributed by atoms with van der Waals surface area (Å²) >= 11 is 1.73. The van der Waals surface area contributed by atoms with Gasteiger partial charge in [0.25, 0.3) is 0 Å². The molecule has 0 saturated heterocycles. The van der Waals surface area contributed by atoms with Crippen LogP contribution in [0, 0.1) is 13.8 Å². The van der Waals surface area contributed by atoms with Gasteiger partial charge in [0.15, 0.2) is 5.96 Å². The van der Waals surface area contributed by atoms with Gasteiger partial charge in [0, 0.05) is 50.3 Å². The summed E-state index contributed by atoms with van der Waals surface area (Å²) in [6, 6.07) is 6.21. The Hall–Kier alpha value is -2.12. The molecular weight excluding hydrogens is 348 g/mol. The molecule has 0 fully saturated rings. The predicted molar refractivity (Wildman–Crippen MR) is 107 cm³/mol. The number of hydrogen-bond acceptors (Lipinski definition) is 5. The maximum absolute atomic E-state index is 5.83. The van der Waals surface area contributed by atoms with Crippen LogP contribution in [0.5, 0.6) is 5.75 Å². The van der Waals surface area contributed by atoms with Crippen molar-refractivity contribution in [2.75, 3.05) is 33.9 Å². The molecule has 1 heterocycles. The number of nitrogens with zero attached hydrogens (tertiary/aromatic N) is 2. The van der Waals surface area contributed by atoms with Crippen molar-refractivity contribution >= 4 is 17.3 Å². The zero-order valence-electron chi connectivity index (χ0n) is 16.0. The molecule has 1 aromatic heterocycles. The summed E-state index contributed by atoms with van der Waals surface area (Å²) in [5.41, 5.74) is 2.26. The normalized spacial score (nSPS) is 11.5. The monoisotopic (exact) mass is 376 g/mol. The molecule has 0 aliphatic heterocycles. The summed E-state index contributed by atoms with van der Waals surface area (Å²) in [7, 11) is 3.44. The second kappa shape index (κ2) is 10.8. The molecule has 0 spiro atoms. The van der Waals surface area contributed by atoms with Crippen LogP contribution in [0.15, 0.2) is 29.4 Å². The van der Waals surface area contributed by atoms with Gasteiger partial charge >= 0.3 is 0 Å². The lowest BCUT2D eigenvalue weighted by Gasteiger charge is -2.15. The molecule has 7 heteroatoms. The number of aliphatic imine (C=N–C) groups is 1. The van der Waals surface area contributed by atoms with Gasteiger partial charge < -0.3 is 20.1 Å². The Morgan fingerprint density at radius 2 is 2.08 bits per heavy atom. The zero-order valence-corrected chi connectivity index (χ0v) is 16.8. The maximum atomic E-state index is 5.83. The average Bonchev–Trinajstić information content (AvgIpc) is 3.04. The minimum absolute atomic E-state index is 0.535. The fourth-order valence-electron chi connectivity index (χ4n) is 2.38. The van der Waals surface area contributed by atoms with Crippen LogP contribution in [0.3, 0.4) is 0 Å². The van der Waals surface area contributed by atoms with E-state index in [-0.39, 0.29) is 0 Å². The highest BCUT2D eigenvalue weighted by molar-refractivity contribution is 7.11. The van der Waals surface area contributed by atoms with Crippen LogP contribution in [-0.4, -0.2) is 44.9 Å². The number of aryl methyl sites for hydroxylation is 2. The SMILES string of the molecule is CN=C(NCCc1ncc(C)s1)NCc1ccc(C)cc1OCCOC. The van der Waals surface area contributed by atoms with Crippen molar-refractivity contribution in [3.63, 3.8) is 0 Å². The fraction of sp³-hybridized carbons (Fsp3) is 0.474. The van der Waals surface area contributed by atoms with Crippen molar-refractivity contribution in [2.24, 2.45) is 4.99 Å². The van der Waals surface area contributed by atoms with Crippen molar-refractivity contribution in [2.45, 2.75) is 26.8 Å². The molecule has 2 N–H and O–H groups in total. The van der Waals surface area contributed by atoms with E-state index in [1.807, 2.05) is 12.3 Å². The van der Waals surface area contributed by atoms with Crippen LogP contribution in [-0.2, 0) is 17.7 Å². The highest BCUT2D eigenvalue weighted by Crippen LogP contribution is 2.20. The molecule has 2 aromatic rings.